The molecule has 1 saturated heterocycles. The molecule has 1 rings (SSSR count). The van der Waals surface area contributed by atoms with Crippen LogP contribution in [0.3, 0.4) is 0 Å². The summed E-state index contributed by atoms with van der Waals surface area (Å²) in [6.07, 6.45) is 1.59. The van der Waals surface area contributed by atoms with Crippen LogP contribution in [0.2, 0.25) is 6.32 Å². The van der Waals surface area contributed by atoms with E-state index in [-0.39, 0.29) is 32.3 Å². The maximum atomic E-state index is 13.1. The minimum Gasteiger partial charge on any atom is -0.480 e. The Morgan fingerprint density at radius 2 is 1.93 bits per heavy atom. The van der Waals surface area contributed by atoms with E-state index in [1.807, 2.05) is 6.92 Å². The minimum atomic E-state index is -4.20. The van der Waals surface area contributed by atoms with E-state index in [4.69, 9.17) is 26.6 Å². The van der Waals surface area contributed by atoms with Gasteiger partial charge in [-0.2, -0.15) is 17.0 Å². The highest BCUT2D eigenvalue weighted by atomic mass is 32.2. The number of nitrogens with zero attached hydrogens (tertiary/aromatic N) is 2. The van der Waals surface area contributed by atoms with Gasteiger partial charge in [-0.15, -0.1) is 0 Å². The molecule has 1 heterocycles. The summed E-state index contributed by atoms with van der Waals surface area (Å²) in [5.41, 5.74) is 9.71. The lowest BCUT2D eigenvalue weighted by Crippen LogP contribution is -2.56. The van der Waals surface area contributed by atoms with Gasteiger partial charge in [0.2, 0.25) is 0 Å². The molecule has 1 aliphatic heterocycles. The molecule has 3 atom stereocenters. The van der Waals surface area contributed by atoms with Crippen molar-refractivity contribution in [3.05, 3.63) is 0 Å². The highest BCUT2D eigenvalue weighted by Crippen LogP contribution is 2.33. The van der Waals surface area contributed by atoms with Gasteiger partial charge in [0.1, 0.15) is 11.6 Å². The second-order valence-electron chi connectivity index (χ2n) is 7.41. The van der Waals surface area contributed by atoms with E-state index in [0.29, 0.717) is 12.8 Å². The molecule has 8 N–H and O–H groups in total. The zero-order valence-corrected chi connectivity index (χ0v) is 17.3. The van der Waals surface area contributed by atoms with E-state index in [0.717, 1.165) is 8.61 Å². The van der Waals surface area contributed by atoms with Gasteiger partial charge in [0.25, 0.3) is 10.2 Å². The predicted octanol–water partition coefficient (Wildman–Crippen LogP) is -2.29. The van der Waals surface area contributed by atoms with Crippen molar-refractivity contribution in [3.63, 3.8) is 0 Å². The highest BCUT2D eigenvalue weighted by molar-refractivity contribution is 7.86. The van der Waals surface area contributed by atoms with Crippen LogP contribution >= 0.6 is 0 Å². The summed E-state index contributed by atoms with van der Waals surface area (Å²) in [7, 11) is -5.75. The molecule has 1 unspecified atom stereocenters. The zero-order valence-electron chi connectivity index (χ0n) is 16.5. The van der Waals surface area contributed by atoms with Crippen molar-refractivity contribution >= 4 is 29.3 Å². The second-order valence-corrected chi connectivity index (χ2v) is 9.34. The van der Waals surface area contributed by atoms with Crippen LogP contribution < -0.4 is 11.5 Å². The first kappa shape index (κ1) is 25.8. The van der Waals surface area contributed by atoms with Crippen LogP contribution in [0.5, 0.6) is 0 Å². The minimum absolute atomic E-state index is 0.00897. The van der Waals surface area contributed by atoms with E-state index < -0.39 is 59.9 Å². The van der Waals surface area contributed by atoms with Gasteiger partial charge < -0.3 is 31.7 Å². The van der Waals surface area contributed by atoms with Gasteiger partial charge in [-0.1, -0.05) is 19.8 Å². The number of unbranched alkanes of at least 4 members (excludes halogenated alkanes) is 1. The lowest BCUT2D eigenvalue weighted by atomic mass is 9.78. The number of hydrogen-bond acceptors (Lipinski definition) is 8. The molecule has 1 aliphatic rings. The van der Waals surface area contributed by atoms with Crippen molar-refractivity contribution in [1.82, 2.24) is 8.61 Å². The third-order valence-corrected chi connectivity index (χ3v) is 7.05. The molecule has 14 heteroatoms. The first-order valence-electron chi connectivity index (χ1n) is 9.48. The summed E-state index contributed by atoms with van der Waals surface area (Å²) >= 11 is 0. The average Bonchev–Trinajstić information content (AvgIpc) is 2.97. The topological polar surface area (TPSA) is 208 Å². The van der Waals surface area contributed by atoms with Crippen molar-refractivity contribution in [2.24, 2.45) is 17.4 Å². The molecule has 0 aromatic heterocycles. The Labute approximate surface area is 170 Å². The van der Waals surface area contributed by atoms with E-state index in [1.165, 1.54) is 0 Å². The van der Waals surface area contributed by atoms with Crippen molar-refractivity contribution in [1.29, 1.82) is 0 Å². The van der Waals surface area contributed by atoms with Crippen molar-refractivity contribution < 1.29 is 38.3 Å². The van der Waals surface area contributed by atoms with Crippen LogP contribution in [-0.2, 0) is 19.8 Å². The van der Waals surface area contributed by atoms with E-state index in [2.05, 4.69) is 0 Å². The Bertz CT molecular complexity index is 679. The molecule has 29 heavy (non-hydrogen) atoms. The lowest BCUT2D eigenvalue weighted by molar-refractivity contribution is -0.144. The average molecular weight is 438 g/mol. The number of rotatable bonds is 13. The molecule has 1 fully saturated rings. The van der Waals surface area contributed by atoms with Gasteiger partial charge in [-0.05, 0) is 19.2 Å². The van der Waals surface area contributed by atoms with Gasteiger partial charge in [-0.25, -0.2) is 0 Å². The van der Waals surface area contributed by atoms with E-state index in [9.17, 15) is 23.1 Å². The molecular formula is C15H31BN4O8S. The molecule has 0 aromatic carbocycles. The molecule has 0 amide bonds. The Morgan fingerprint density at radius 3 is 2.41 bits per heavy atom. The summed E-state index contributed by atoms with van der Waals surface area (Å²) in [6.45, 7) is 0.806. The molecule has 0 saturated carbocycles. The van der Waals surface area contributed by atoms with Gasteiger partial charge in [0, 0.05) is 32.1 Å². The molecule has 0 aromatic rings. The Morgan fingerprint density at radius 1 is 1.31 bits per heavy atom. The fourth-order valence-corrected chi connectivity index (χ4v) is 5.08. The van der Waals surface area contributed by atoms with Gasteiger partial charge in [0.05, 0.1) is 0 Å². The number of carboxylic acid groups (broad SMARTS) is 2. The standard InChI is InChI=1S/C15H31BN4O8S/c1-2-3-7-19(9-12(17)13(21)22)29(27,28)20-8-11(5-4-6-16(25)26)15(18,10-20)14(23)24/h11-12,25-26H,2-10,17-18H2,1H3,(H,21,22)(H,23,24)/t11-,12?,15-/m0/s1. The van der Waals surface area contributed by atoms with Crippen LogP contribution in [0.4, 0.5) is 0 Å². The summed E-state index contributed by atoms with van der Waals surface area (Å²) in [6, 6.07) is -1.42. The van der Waals surface area contributed by atoms with Crippen LogP contribution in [0.25, 0.3) is 0 Å². The predicted molar refractivity (Wildman–Crippen MR) is 105 cm³/mol. The molecule has 0 aliphatic carbocycles. The monoisotopic (exact) mass is 438 g/mol. The molecular weight excluding hydrogens is 407 g/mol. The van der Waals surface area contributed by atoms with Gasteiger partial charge in [0.15, 0.2) is 0 Å². The fraction of sp³-hybridized carbons (Fsp3) is 0.867. The van der Waals surface area contributed by atoms with Crippen molar-refractivity contribution in [2.45, 2.75) is 50.5 Å². The Balaban J connectivity index is 3.07. The van der Waals surface area contributed by atoms with E-state index >= 15 is 0 Å². The third-order valence-electron chi connectivity index (χ3n) is 5.13. The van der Waals surface area contributed by atoms with E-state index in [1.54, 1.807) is 0 Å². The van der Waals surface area contributed by atoms with Crippen LogP contribution in [0.15, 0.2) is 0 Å². The summed E-state index contributed by atoms with van der Waals surface area (Å²) < 4.78 is 28.1. The van der Waals surface area contributed by atoms with Crippen molar-refractivity contribution in [2.75, 3.05) is 26.2 Å². The second kappa shape index (κ2) is 10.7. The zero-order chi connectivity index (χ0) is 22.4. The Kier molecular flexibility index (Phi) is 9.46. The third kappa shape index (κ3) is 6.60. The van der Waals surface area contributed by atoms with Gasteiger partial charge >= 0.3 is 19.1 Å². The molecule has 12 nitrogen and oxygen atoms in total. The number of nitrogens with two attached hydrogens (primary N) is 2. The normalized spacial score (nSPS) is 24.0. The van der Waals surface area contributed by atoms with Crippen molar-refractivity contribution in [3.8, 4) is 0 Å². The van der Waals surface area contributed by atoms with Crippen LogP contribution in [0, 0.1) is 5.92 Å². The molecule has 0 radical (unpaired) electrons. The maximum Gasteiger partial charge on any atom is 0.451 e. The highest BCUT2D eigenvalue weighted by Gasteiger charge is 2.53. The fourth-order valence-electron chi connectivity index (χ4n) is 3.30. The smallest absolute Gasteiger partial charge is 0.451 e. The number of carboxylic acids is 2. The Hall–Kier alpha value is -1.29. The number of hydrogen-bond donors (Lipinski definition) is 6. The lowest BCUT2D eigenvalue weighted by Gasteiger charge is -2.29. The number of aliphatic carboxylic acids is 2. The van der Waals surface area contributed by atoms with Gasteiger partial charge in [-0.3, -0.25) is 9.59 Å². The summed E-state index contributed by atoms with van der Waals surface area (Å²) in [5, 5.41) is 36.5. The van der Waals surface area contributed by atoms with Crippen LogP contribution in [-0.4, -0.2) is 94.1 Å². The summed E-state index contributed by atoms with van der Waals surface area (Å²) in [4.78, 5) is 22.8. The molecule has 168 valence electrons. The SMILES string of the molecule is CCCCN(CC(N)C(=O)O)S(=O)(=O)N1C[C@H](CCCB(O)O)[C@](N)(C(=O)O)C1. The first-order chi connectivity index (χ1) is 13.4. The number of carbonyl (C=O) groups is 2. The molecule has 0 spiro atoms. The quantitative estimate of drug-likeness (QED) is 0.170. The van der Waals surface area contributed by atoms with Crippen LogP contribution in [0.1, 0.15) is 32.6 Å². The maximum absolute atomic E-state index is 13.1. The summed E-state index contributed by atoms with van der Waals surface area (Å²) in [5.74, 6) is -3.44. The largest absolute Gasteiger partial charge is 0.480 e. The molecule has 0 bridgehead atoms. The first-order valence-corrected chi connectivity index (χ1v) is 10.9.